The Bertz CT molecular complexity index is 1320. The number of carbonyl (C=O) groups is 1. The molecule has 1 fully saturated rings. The monoisotopic (exact) mass is 602 g/mol. The molecule has 1 saturated heterocycles. The zero-order valence-electron chi connectivity index (χ0n) is 23.0. The average molecular weight is 603 g/mol. The van der Waals surface area contributed by atoms with E-state index in [4.69, 9.17) is 0 Å². The molecule has 2 heterocycles. The second kappa shape index (κ2) is 12.9. The third kappa shape index (κ3) is 8.25. The fourth-order valence-electron chi connectivity index (χ4n) is 5.12. The highest BCUT2D eigenvalue weighted by Gasteiger charge is 2.39. The van der Waals surface area contributed by atoms with Gasteiger partial charge < -0.3 is 4.90 Å². The van der Waals surface area contributed by atoms with Crippen LogP contribution in [-0.4, -0.2) is 57.7 Å². The van der Waals surface area contributed by atoms with Crippen molar-refractivity contribution in [2.45, 2.75) is 51.5 Å². The molecular weight excluding hydrogens is 570 g/mol. The minimum Gasteiger partial charge on any atom is -0.333 e. The fraction of sp³-hybridized carbons (Fsp3) is 0.448. The van der Waals surface area contributed by atoms with Crippen LogP contribution in [0.2, 0.25) is 0 Å². The maximum Gasteiger partial charge on any atom is 0.416 e. The molecule has 0 spiro atoms. The summed E-state index contributed by atoms with van der Waals surface area (Å²) in [6.45, 7) is 5.80. The standard InChI is InChI=1S/C29H32F6N4O.ClH/c1-19-6-7-21(11-20(19)2)12-26-18-38(8-4-5-22-16-36-37(3)17-22)9-10-39(26)27(40)23-13-24(28(30,31)32)15-25(14-23)29(33,34)35;/h6-7,11,13-17,26H,4-5,8-10,12,18H2,1-3H3;1H. The van der Waals surface area contributed by atoms with Crippen LogP contribution in [0.1, 0.15) is 50.2 Å². The summed E-state index contributed by atoms with van der Waals surface area (Å²) in [6, 6.07) is 6.57. The van der Waals surface area contributed by atoms with Crippen LogP contribution in [-0.2, 0) is 32.2 Å². The highest BCUT2D eigenvalue weighted by molar-refractivity contribution is 5.95. The van der Waals surface area contributed by atoms with Crippen LogP contribution in [0.15, 0.2) is 48.8 Å². The molecule has 12 heteroatoms. The Balaban J connectivity index is 0.00000462. The highest BCUT2D eigenvalue weighted by atomic mass is 35.5. The summed E-state index contributed by atoms with van der Waals surface area (Å²) in [7, 11) is 1.85. The Kier molecular flexibility index (Phi) is 10.2. The maximum absolute atomic E-state index is 13.6. The number of hydrogen-bond donors (Lipinski definition) is 0. The summed E-state index contributed by atoms with van der Waals surface area (Å²) in [4.78, 5) is 17.2. The molecule has 0 aliphatic carbocycles. The minimum absolute atomic E-state index is 0. The van der Waals surface area contributed by atoms with E-state index in [1.54, 1.807) is 4.68 Å². The third-order valence-corrected chi connectivity index (χ3v) is 7.40. The van der Waals surface area contributed by atoms with Crippen LogP contribution in [0.4, 0.5) is 26.3 Å². The molecule has 0 radical (unpaired) electrons. The second-order valence-corrected chi connectivity index (χ2v) is 10.5. The molecule has 2 aromatic carbocycles. The Labute approximate surface area is 241 Å². The molecule has 5 nitrogen and oxygen atoms in total. The van der Waals surface area contributed by atoms with Crippen LogP contribution in [0.25, 0.3) is 0 Å². The Morgan fingerprint density at radius 2 is 1.59 bits per heavy atom. The van der Waals surface area contributed by atoms with E-state index < -0.39 is 41.0 Å². The second-order valence-electron chi connectivity index (χ2n) is 10.5. The summed E-state index contributed by atoms with van der Waals surface area (Å²) in [5.74, 6) is -0.833. The average Bonchev–Trinajstić information content (AvgIpc) is 3.29. The Hall–Kier alpha value is -3.05. The zero-order valence-corrected chi connectivity index (χ0v) is 23.8. The molecule has 41 heavy (non-hydrogen) atoms. The van der Waals surface area contributed by atoms with Gasteiger partial charge in [0, 0.05) is 44.5 Å². The predicted octanol–water partition coefficient (Wildman–Crippen LogP) is 6.50. The van der Waals surface area contributed by atoms with Gasteiger partial charge in [0.05, 0.1) is 17.3 Å². The van der Waals surface area contributed by atoms with E-state index in [1.807, 2.05) is 51.5 Å². The van der Waals surface area contributed by atoms with Gasteiger partial charge in [-0.1, -0.05) is 18.2 Å². The number of piperazine rings is 1. The van der Waals surface area contributed by atoms with Gasteiger partial charge in [-0.15, -0.1) is 12.4 Å². The molecule has 1 atom stereocenters. The summed E-state index contributed by atoms with van der Waals surface area (Å²) in [6.07, 6.45) is -4.20. The van der Waals surface area contributed by atoms with Gasteiger partial charge in [0.15, 0.2) is 0 Å². The number of benzene rings is 2. The zero-order chi connectivity index (χ0) is 29.2. The van der Waals surface area contributed by atoms with Crippen molar-refractivity contribution in [3.63, 3.8) is 0 Å². The quantitative estimate of drug-likeness (QED) is 0.290. The van der Waals surface area contributed by atoms with Crippen LogP contribution in [0.5, 0.6) is 0 Å². The number of rotatable bonds is 7. The first-order valence-corrected chi connectivity index (χ1v) is 13.1. The van der Waals surface area contributed by atoms with Gasteiger partial charge in [-0.2, -0.15) is 31.4 Å². The van der Waals surface area contributed by atoms with E-state index in [2.05, 4.69) is 10.00 Å². The highest BCUT2D eigenvalue weighted by Crippen LogP contribution is 2.37. The van der Waals surface area contributed by atoms with Crippen LogP contribution in [0, 0.1) is 13.8 Å². The first-order valence-electron chi connectivity index (χ1n) is 13.1. The van der Waals surface area contributed by atoms with Gasteiger partial charge in [0.25, 0.3) is 5.91 Å². The van der Waals surface area contributed by atoms with Crippen molar-refractivity contribution in [3.05, 3.63) is 87.7 Å². The largest absolute Gasteiger partial charge is 0.416 e. The van der Waals surface area contributed by atoms with Crippen molar-refractivity contribution in [1.29, 1.82) is 0 Å². The van der Waals surface area contributed by atoms with E-state index in [-0.39, 0.29) is 25.0 Å². The summed E-state index contributed by atoms with van der Waals surface area (Å²) >= 11 is 0. The molecular formula is C29H33ClF6N4O. The van der Waals surface area contributed by atoms with Crippen molar-refractivity contribution in [2.24, 2.45) is 7.05 Å². The molecule has 0 saturated carbocycles. The number of aromatic nitrogens is 2. The third-order valence-electron chi connectivity index (χ3n) is 7.40. The van der Waals surface area contributed by atoms with Crippen LogP contribution in [0.3, 0.4) is 0 Å². The molecule has 1 aliphatic rings. The number of hydrogen-bond acceptors (Lipinski definition) is 3. The van der Waals surface area contributed by atoms with Crippen molar-refractivity contribution < 1.29 is 31.1 Å². The van der Waals surface area contributed by atoms with Crippen LogP contribution < -0.4 is 0 Å². The lowest BCUT2D eigenvalue weighted by Gasteiger charge is -2.42. The lowest BCUT2D eigenvalue weighted by Crippen LogP contribution is -2.56. The van der Waals surface area contributed by atoms with Gasteiger partial charge in [-0.25, -0.2) is 0 Å². The van der Waals surface area contributed by atoms with Gasteiger partial charge in [0.1, 0.15) is 0 Å². The fourth-order valence-corrected chi connectivity index (χ4v) is 5.12. The van der Waals surface area contributed by atoms with Crippen molar-refractivity contribution in [3.8, 4) is 0 Å². The van der Waals surface area contributed by atoms with Crippen molar-refractivity contribution in [2.75, 3.05) is 26.2 Å². The molecule has 1 aliphatic heterocycles. The molecule has 1 amide bonds. The molecule has 224 valence electrons. The maximum atomic E-state index is 13.6. The lowest BCUT2D eigenvalue weighted by atomic mass is 9.97. The number of nitrogens with zero attached hydrogens (tertiary/aromatic N) is 4. The lowest BCUT2D eigenvalue weighted by molar-refractivity contribution is -0.143. The topological polar surface area (TPSA) is 41.4 Å². The number of aryl methyl sites for hydroxylation is 4. The number of alkyl halides is 6. The molecule has 0 bridgehead atoms. The van der Waals surface area contributed by atoms with E-state index in [0.29, 0.717) is 31.6 Å². The predicted molar refractivity (Wildman–Crippen MR) is 146 cm³/mol. The van der Waals surface area contributed by atoms with Crippen LogP contribution >= 0.6 is 12.4 Å². The summed E-state index contributed by atoms with van der Waals surface area (Å²) in [5, 5.41) is 4.17. The molecule has 1 unspecified atom stereocenters. The number of carbonyl (C=O) groups excluding carboxylic acids is 1. The van der Waals surface area contributed by atoms with Crippen molar-refractivity contribution in [1.82, 2.24) is 19.6 Å². The molecule has 4 rings (SSSR count). The summed E-state index contributed by atoms with van der Waals surface area (Å²) in [5.41, 5.74) is 0.609. The van der Waals surface area contributed by atoms with Gasteiger partial charge in [-0.05, 0) is 80.1 Å². The van der Waals surface area contributed by atoms with E-state index in [0.717, 1.165) is 41.6 Å². The Morgan fingerprint density at radius 1 is 0.927 bits per heavy atom. The Morgan fingerprint density at radius 3 is 2.15 bits per heavy atom. The van der Waals surface area contributed by atoms with Gasteiger partial charge in [0.2, 0.25) is 0 Å². The number of amides is 1. The van der Waals surface area contributed by atoms with Gasteiger partial charge in [-0.3, -0.25) is 14.4 Å². The normalized spacial score (nSPS) is 16.5. The van der Waals surface area contributed by atoms with E-state index in [1.165, 1.54) is 4.90 Å². The first kappa shape index (κ1) is 32.5. The molecule has 1 aromatic heterocycles. The SMILES string of the molecule is Cc1ccc(CC2CN(CCCc3cnn(C)c3)CCN2C(=O)c2cc(C(F)(F)F)cc(C(F)(F)F)c2)cc1C.Cl. The van der Waals surface area contributed by atoms with Gasteiger partial charge >= 0.3 is 12.4 Å². The molecule has 3 aromatic rings. The number of halogens is 7. The summed E-state index contributed by atoms with van der Waals surface area (Å²) < 4.78 is 82.5. The van der Waals surface area contributed by atoms with E-state index >= 15 is 0 Å². The molecule has 0 N–H and O–H groups in total. The van der Waals surface area contributed by atoms with E-state index in [9.17, 15) is 31.1 Å². The van der Waals surface area contributed by atoms with Crippen molar-refractivity contribution >= 4 is 18.3 Å². The smallest absolute Gasteiger partial charge is 0.333 e. The minimum atomic E-state index is -5.03. The first-order chi connectivity index (χ1) is 18.7.